The van der Waals surface area contributed by atoms with Gasteiger partial charge in [0.15, 0.2) is 11.5 Å². The number of hydrogen-bond acceptors (Lipinski definition) is 4. The molecule has 0 radical (unpaired) electrons. The SMILES string of the molecule is COc1ccc(C(F)=Cc2cc(OC)c(OC)c(OC)c2)cc1. The van der Waals surface area contributed by atoms with Crippen molar-refractivity contribution in [1.82, 2.24) is 0 Å². The van der Waals surface area contributed by atoms with Crippen LogP contribution in [0.25, 0.3) is 11.9 Å². The summed E-state index contributed by atoms with van der Waals surface area (Å²) in [6.45, 7) is 0. The second-order valence-electron chi connectivity index (χ2n) is 4.68. The second-order valence-corrected chi connectivity index (χ2v) is 4.68. The average Bonchev–Trinajstić information content (AvgIpc) is 2.60. The summed E-state index contributed by atoms with van der Waals surface area (Å²) >= 11 is 0. The van der Waals surface area contributed by atoms with Gasteiger partial charge >= 0.3 is 0 Å². The number of ether oxygens (including phenoxy) is 4. The van der Waals surface area contributed by atoms with E-state index in [1.807, 2.05) is 0 Å². The predicted octanol–water partition coefficient (Wildman–Crippen LogP) is 4.19. The van der Waals surface area contributed by atoms with Crippen LogP contribution in [-0.2, 0) is 0 Å². The first-order valence-electron chi connectivity index (χ1n) is 6.94. The number of benzene rings is 2. The zero-order valence-corrected chi connectivity index (χ0v) is 13.6. The molecule has 0 saturated heterocycles. The summed E-state index contributed by atoms with van der Waals surface area (Å²) in [6, 6.07) is 10.1. The van der Waals surface area contributed by atoms with Crippen molar-refractivity contribution in [3.05, 3.63) is 47.5 Å². The molecular weight excluding hydrogens is 299 g/mol. The molecule has 0 heterocycles. The highest BCUT2D eigenvalue weighted by molar-refractivity contribution is 5.78. The van der Waals surface area contributed by atoms with Gasteiger partial charge in [-0.25, -0.2) is 4.39 Å². The highest BCUT2D eigenvalue weighted by Crippen LogP contribution is 2.39. The molecule has 0 aromatic heterocycles. The van der Waals surface area contributed by atoms with Gasteiger partial charge in [-0.3, -0.25) is 0 Å². The van der Waals surface area contributed by atoms with Crippen molar-refractivity contribution in [3.63, 3.8) is 0 Å². The zero-order chi connectivity index (χ0) is 16.8. The molecule has 0 aliphatic rings. The first kappa shape index (κ1) is 16.7. The highest BCUT2D eigenvalue weighted by atomic mass is 19.1. The third-order valence-corrected chi connectivity index (χ3v) is 3.35. The Labute approximate surface area is 135 Å². The van der Waals surface area contributed by atoms with Gasteiger partial charge in [0.2, 0.25) is 5.75 Å². The normalized spacial score (nSPS) is 11.1. The number of hydrogen-bond donors (Lipinski definition) is 0. The molecule has 0 saturated carbocycles. The van der Waals surface area contributed by atoms with Crippen molar-refractivity contribution in [2.24, 2.45) is 0 Å². The number of methoxy groups -OCH3 is 4. The summed E-state index contributed by atoms with van der Waals surface area (Å²) in [4.78, 5) is 0. The summed E-state index contributed by atoms with van der Waals surface area (Å²) < 4.78 is 35.3. The lowest BCUT2D eigenvalue weighted by Gasteiger charge is -2.13. The van der Waals surface area contributed by atoms with Gasteiger partial charge in [0.1, 0.15) is 11.6 Å². The quantitative estimate of drug-likeness (QED) is 0.749. The minimum atomic E-state index is -0.373. The van der Waals surface area contributed by atoms with E-state index in [0.29, 0.717) is 34.1 Å². The monoisotopic (exact) mass is 318 g/mol. The van der Waals surface area contributed by atoms with Crippen molar-refractivity contribution in [1.29, 1.82) is 0 Å². The molecule has 0 bridgehead atoms. The molecule has 23 heavy (non-hydrogen) atoms. The Bertz CT molecular complexity index is 668. The van der Waals surface area contributed by atoms with Gasteiger partial charge in [0.25, 0.3) is 0 Å². The van der Waals surface area contributed by atoms with Crippen LogP contribution < -0.4 is 18.9 Å². The smallest absolute Gasteiger partial charge is 0.203 e. The van der Waals surface area contributed by atoms with E-state index in [1.165, 1.54) is 27.4 Å². The van der Waals surface area contributed by atoms with Gasteiger partial charge in [-0.15, -0.1) is 0 Å². The van der Waals surface area contributed by atoms with Gasteiger partial charge in [-0.2, -0.15) is 0 Å². The van der Waals surface area contributed by atoms with Crippen molar-refractivity contribution in [3.8, 4) is 23.0 Å². The van der Waals surface area contributed by atoms with Crippen LogP contribution in [0.1, 0.15) is 11.1 Å². The topological polar surface area (TPSA) is 36.9 Å². The molecule has 0 fully saturated rings. The van der Waals surface area contributed by atoms with Crippen molar-refractivity contribution >= 4 is 11.9 Å². The van der Waals surface area contributed by atoms with E-state index in [-0.39, 0.29) is 5.83 Å². The van der Waals surface area contributed by atoms with Gasteiger partial charge in [-0.05, 0) is 48.0 Å². The van der Waals surface area contributed by atoms with E-state index >= 15 is 0 Å². The molecule has 0 aliphatic heterocycles. The van der Waals surface area contributed by atoms with Crippen LogP contribution >= 0.6 is 0 Å². The minimum Gasteiger partial charge on any atom is -0.497 e. The maximum atomic E-state index is 14.4. The predicted molar refractivity (Wildman–Crippen MR) is 88.1 cm³/mol. The summed E-state index contributed by atoms with van der Waals surface area (Å²) in [7, 11) is 6.13. The van der Waals surface area contributed by atoms with E-state index in [0.717, 1.165) is 0 Å². The van der Waals surface area contributed by atoms with E-state index in [2.05, 4.69) is 0 Å². The molecule has 0 unspecified atom stereocenters. The Kier molecular flexibility index (Phi) is 5.46. The van der Waals surface area contributed by atoms with Gasteiger partial charge in [-0.1, -0.05) is 0 Å². The lowest BCUT2D eigenvalue weighted by Crippen LogP contribution is -1.95. The van der Waals surface area contributed by atoms with E-state index in [4.69, 9.17) is 18.9 Å². The molecule has 4 nitrogen and oxygen atoms in total. The first-order valence-corrected chi connectivity index (χ1v) is 6.94. The molecule has 0 amide bonds. The van der Waals surface area contributed by atoms with Crippen molar-refractivity contribution in [2.75, 3.05) is 28.4 Å². The van der Waals surface area contributed by atoms with Crippen LogP contribution in [-0.4, -0.2) is 28.4 Å². The molecule has 2 rings (SSSR count). The maximum absolute atomic E-state index is 14.4. The Balaban J connectivity index is 2.40. The molecule has 0 atom stereocenters. The van der Waals surface area contributed by atoms with E-state index in [1.54, 1.807) is 43.5 Å². The van der Waals surface area contributed by atoms with Crippen molar-refractivity contribution < 1.29 is 23.3 Å². The molecule has 0 aliphatic carbocycles. The average molecular weight is 318 g/mol. The summed E-state index contributed by atoms with van der Waals surface area (Å²) in [5, 5.41) is 0. The maximum Gasteiger partial charge on any atom is 0.203 e. The summed E-state index contributed by atoms with van der Waals surface area (Å²) in [5.74, 6) is 1.72. The number of halogens is 1. The zero-order valence-electron chi connectivity index (χ0n) is 13.6. The largest absolute Gasteiger partial charge is 0.497 e. The third-order valence-electron chi connectivity index (χ3n) is 3.35. The van der Waals surface area contributed by atoms with Crippen LogP contribution in [0.3, 0.4) is 0 Å². The van der Waals surface area contributed by atoms with Gasteiger partial charge < -0.3 is 18.9 Å². The molecule has 2 aromatic carbocycles. The molecule has 2 aromatic rings. The van der Waals surface area contributed by atoms with Gasteiger partial charge in [0, 0.05) is 5.56 Å². The lowest BCUT2D eigenvalue weighted by molar-refractivity contribution is 0.324. The molecule has 5 heteroatoms. The molecular formula is C18H19FO4. The number of rotatable bonds is 6. The second kappa shape index (κ2) is 7.54. The van der Waals surface area contributed by atoms with Crippen LogP contribution in [0.5, 0.6) is 23.0 Å². The standard InChI is InChI=1S/C18H19FO4/c1-20-14-7-5-13(6-8-14)15(19)9-12-10-16(21-2)18(23-4)17(11-12)22-3/h5-11H,1-4H3. The third kappa shape index (κ3) is 3.74. The molecule has 0 N–H and O–H groups in total. The van der Waals surface area contributed by atoms with E-state index in [9.17, 15) is 4.39 Å². The fourth-order valence-corrected chi connectivity index (χ4v) is 2.16. The van der Waals surface area contributed by atoms with Crippen molar-refractivity contribution in [2.45, 2.75) is 0 Å². The Morgan fingerprint density at radius 2 is 1.39 bits per heavy atom. The lowest BCUT2D eigenvalue weighted by atomic mass is 10.1. The van der Waals surface area contributed by atoms with Crippen LogP contribution in [0, 0.1) is 0 Å². The Morgan fingerprint density at radius 1 is 0.826 bits per heavy atom. The molecule has 0 spiro atoms. The van der Waals surface area contributed by atoms with E-state index < -0.39 is 0 Å². The summed E-state index contributed by atoms with van der Waals surface area (Å²) in [5.41, 5.74) is 1.06. The summed E-state index contributed by atoms with van der Waals surface area (Å²) in [6.07, 6.45) is 1.41. The van der Waals surface area contributed by atoms with Crippen LogP contribution in [0.15, 0.2) is 36.4 Å². The van der Waals surface area contributed by atoms with Crippen LogP contribution in [0.4, 0.5) is 4.39 Å². The minimum absolute atomic E-state index is 0.373. The fraction of sp³-hybridized carbons (Fsp3) is 0.222. The Hall–Kier alpha value is -2.69. The Morgan fingerprint density at radius 3 is 1.83 bits per heavy atom. The highest BCUT2D eigenvalue weighted by Gasteiger charge is 2.13. The van der Waals surface area contributed by atoms with Gasteiger partial charge in [0.05, 0.1) is 28.4 Å². The molecule has 122 valence electrons. The first-order chi connectivity index (χ1) is 11.1. The fourth-order valence-electron chi connectivity index (χ4n) is 2.16. The van der Waals surface area contributed by atoms with Crippen LogP contribution in [0.2, 0.25) is 0 Å².